The SMILES string of the molecule is NCC(=O)O.O=[N+]([O-])[O-]. The molecule has 9 heavy (non-hydrogen) atoms. The molecule has 0 aliphatic heterocycles. The van der Waals surface area contributed by atoms with E-state index in [1.54, 1.807) is 0 Å². The highest BCUT2D eigenvalue weighted by Gasteiger charge is 1.81. The molecule has 0 radical (unpaired) electrons. The van der Waals surface area contributed by atoms with Crippen LogP contribution in [0.5, 0.6) is 0 Å². The Morgan fingerprint density at radius 2 is 1.78 bits per heavy atom. The minimum Gasteiger partial charge on any atom is -0.480 e. The van der Waals surface area contributed by atoms with Gasteiger partial charge in [-0.25, -0.2) is 0 Å². The average Bonchev–Trinajstić information content (AvgIpc) is 1.65. The van der Waals surface area contributed by atoms with Crippen molar-refractivity contribution in [2.45, 2.75) is 0 Å². The van der Waals surface area contributed by atoms with Crippen molar-refractivity contribution in [3.63, 3.8) is 0 Å². The molecule has 0 fully saturated rings. The lowest BCUT2D eigenvalue weighted by Crippen LogP contribution is -2.10. The fourth-order valence-corrected chi connectivity index (χ4v) is 0. The Morgan fingerprint density at radius 1 is 1.67 bits per heavy atom. The van der Waals surface area contributed by atoms with E-state index >= 15 is 0 Å². The van der Waals surface area contributed by atoms with E-state index in [4.69, 9.17) is 20.4 Å². The maximum absolute atomic E-state index is 9.24. The normalized spacial score (nSPS) is 6.78. The summed E-state index contributed by atoms with van der Waals surface area (Å²) in [5.41, 5.74) is 4.57. The zero-order valence-corrected chi connectivity index (χ0v) is 4.31. The first-order chi connectivity index (χ1) is 4.00. The van der Waals surface area contributed by atoms with E-state index in [0.717, 1.165) is 0 Å². The van der Waals surface area contributed by atoms with Gasteiger partial charge in [0.15, 0.2) is 0 Å². The van der Waals surface area contributed by atoms with Crippen molar-refractivity contribution in [2.24, 2.45) is 5.73 Å². The Bertz CT molecular complexity index is 97.1. The molecule has 0 rings (SSSR count). The van der Waals surface area contributed by atoms with Crippen LogP contribution in [0.1, 0.15) is 0 Å². The van der Waals surface area contributed by atoms with Gasteiger partial charge >= 0.3 is 5.97 Å². The topological polar surface area (TPSA) is 130 Å². The van der Waals surface area contributed by atoms with Crippen LogP contribution in [-0.4, -0.2) is 22.7 Å². The fourth-order valence-electron chi connectivity index (χ4n) is 0. The molecule has 0 bridgehead atoms. The van der Waals surface area contributed by atoms with Gasteiger partial charge in [-0.15, -0.1) is 0 Å². The van der Waals surface area contributed by atoms with Gasteiger partial charge in [0.1, 0.15) is 0 Å². The third kappa shape index (κ3) is 358. The molecule has 0 amide bonds. The smallest absolute Gasteiger partial charge is 0.317 e. The summed E-state index contributed by atoms with van der Waals surface area (Å²) in [5, 5.41) is 22.3. The van der Waals surface area contributed by atoms with E-state index in [1.807, 2.05) is 0 Å². The quantitative estimate of drug-likeness (QED) is 0.344. The molecular formula is C2H5N2O5-. The molecule has 0 heterocycles. The van der Waals surface area contributed by atoms with Gasteiger partial charge in [0.25, 0.3) is 0 Å². The molecule has 3 N–H and O–H groups in total. The lowest BCUT2D eigenvalue weighted by atomic mass is 10.7. The number of hydrogen-bond acceptors (Lipinski definition) is 5. The number of carboxylic acids is 1. The number of rotatable bonds is 1. The highest BCUT2D eigenvalue weighted by molar-refractivity contribution is 5.68. The molecule has 7 nitrogen and oxygen atoms in total. The first-order valence-corrected chi connectivity index (χ1v) is 1.74. The molecule has 7 heteroatoms. The highest BCUT2D eigenvalue weighted by Crippen LogP contribution is 1.44. The van der Waals surface area contributed by atoms with Crippen molar-refractivity contribution in [2.75, 3.05) is 6.54 Å². The molecule has 54 valence electrons. The van der Waals surface area contributed by atoms with Crippen molar-refractivity contribution in [1.29, 1.82) is 0 Å². The predicted molar refractivity (Wildman–Crippen MR) is 27.1 cm³/mol. The van der Waals surface area contributed by atoms with Crippen LogP contribution < -0.4 is 5.73 Å². The van der Waals surface area contributed by atoms with Crippen molar-refractivity contribution >= 4 is 5.97 Å². The van der Waals surface area contributed by atoms with E-state index in [9.17, 15) is 4.79 Å². The monoisotopic (exact) mass is 137 g/mol. The van der Waals surface area contributed by atoms with Gasteiger partial charge in [-0.1, -0.05) is 0 Å². The van der Waals surface area contributed by atoms with Crippen LogP contribution in [0.3, 0.4) is 0 Å². The summed E-state index contributed by atoms with van der Waals surface area (Å²) in [6.45, 7) is -0.278. The summed E-state index contributed by atoms with van der Waals surface area (Å²) >= 11 is 0. The molecule has 0 unspecified atom stereocenters. The summed E-state index contributed by atoms with van der Waals surface area (Å²) in [6.07, 6.45) is 0. The molecular weight excluding hydrogens is 132 g/mol. The molecule has 0 spiro atoms. The summed E-state index contributed by atoms with van der Waals surface area (Å²) in [7, 11) is 0. The summed E-state index contributed by atoms with van der Waals surface area (Å²) in [5.74, 6) is -0.968. The van der Waals surface area contributed by atoms with Crippen LogP contribution in [0.15, 0.2) is 0 Å². The van der Waals surface area contributed by atoms with Gasteiger partial charge in [-0.2, -0.15) is 0 Å². The molecule has 0 atom stereocenters. The second kappa shape index (κ2) is 6.63. The predicted octanol–water partition coefficient (Wildman–Crippen LogP) is -1.21. The molecule has 0 aliphatic rings. The number of carboxylic acid groups (broad SMARTS) is 1. The average molecular weight is 137 g/mol. The maximum Gasteiger partial charge on any atom is 0.317 e. The first-order valence-electron chi connectivity index (χ1n) is 1.74. The van der Waals surface area contributed by atoms with Crippen LogP contribution in [0.2, 0.25) is 0 Å². The third-order valence-electron chi connectivity index (χ3n) is 0.175. The van der Waals surface area contributed by atoms with E-state index in [0.29, 0.717) is 0 Å². The van der Waals surface area contributed by atoms with Crippen LogP contribution >= 0.6 is 0 Å². The lowest BCUT2D eigenvalue weighted by Gasteiger charge is -1.74. The second-order valence-electron chi connectivity index (χ2n) is 0.821. The van der Waals surface area contributed by atoms with Crippen LogP contribution in [0.25, 0.3) is 0 Å². The Balaban J connectivity index is 0. The maximum atomic E-state index is 9.24. The molecule has 0 saturated heterocycles. The van der Waals surface area contributed by atoms with E-state index in [2.05, 4.69) is 5.73 Å². The zero-order chi connectivity index (χ0) is 7.86. The summed E-state index contributed by atoms with van der Waals surface area (Å²) in [6, 6.07) is 0. The number of aliphatic carboxylic acids is 1. The van der Waals surface area contributed by atoms with E-state index in [-0.39, 0.29) is 6.54 Å². The fraction of sp³-hybridized carbons (Fsp3) is 0.500. The van der Waals surface area contributed by atoms with Gasteiger partial charge in [0.05, 0.1) is 11.6 Å². The van der Waals surface area contributed by atoms with Crippen molar-refractivity contribution in [1.82, 2.24) is 0 Å². The standard InChI is InChI=1S/C2H5NO2.NO3/c3-1-2(4)5;2-1(3)4/h1,3H2,(H,4,5);/q;-1. The Hall–Kier alpha value is -1.37. The second-order valence-corrected chi connectivity index (χ2v) is 0.821. The largest absolute Gasteiger partial charge is 0.480 e. The van der Waals surface area contributed by atoms with Crippen LogP contribution in [0, 0.1) is 15.3 Å². The third-order valence-corrected chi connectivity index (χ3v) is 0.175. The van der Waals surface area contributed by atoms with Gasteiger partial charge in [0, 0.05) is 0 Å². The Labute approximate surface area is 49.8 Å². The number of nitrogens with zero attached hydrogens (tertiary/aromatic N) is 1. The van der Waals surface area contributed by atoms with Crippen LogP contribution in [0.4, 0.5) is 0 Å². The van der Waals surface area contributed by atoms with Gasteiger partial charge in [-0.05, 0) is 0 Å². The Morgan fingerprint density at radius 3 is 1.78 bits per heavy atom. The van der Waals surface area contributed by atoms with Gasteiger partial charge < -0.3 is 26.2 Å². The molecule has 0 aliphatic carbocycles. The Kier molecular flexibility index (Phi) is 7.79. The molecule has 0 aromatic rings. The number of hydrogen-bond donors (Lipinski definition) is 2. The van der Waals surface area contributed by atoms with Gasteiger partial charge in [-0.3, -0.25) is 4.79 Å². The highest BCUT2D eigenvalue weighted by atomic mass is 16.9. The lowest BCUT2D eigenvalue weighted by molar-refractivity contribution is -0.402. The zero-order valence-electron chi connectivity index (χ0n) is 4.31. The summed E-state index contributed by atoms with van der Waals surface area (Å²) in [4.78, 5) is 17.5. The van der Waals surface area contributed by atoms with Crippen molar-refractivity contribution in [3.8, 4) is 0 Å². The molecule has 0 saturated carbocycles. The summed E-state index contributed by atoms with van der Waals surface area (Å²) < 4.78 is 0. The van der Waals surface area contributed by atoms with Gasteiger partial charge in [0.2, 0.25) is 0 Å². The minimum atomic E-state index is -1.75. The van der Waals surface area contributed by atoms with E-state index < -0.39 is 11.1 Å². The van der Waals surface area contributed by atoms with Crippen molar-refractivity contribution in [3.05, 3.63) is 15.3 Å². The van der Waals surface area contributed by atoms with E-state index in [1.165, 1.54) is 0 Å². The molecule has 0 aromatic carbocycles. The number of carbonyl (C=O) groups is 1. The van der Waals surface area contributed by atoms with Crippen molar-refractivity contribution < 1.29 is 15.0 Å². The number of nitrogens with two attached hydrogens (primary N) is 1. The van der Waals surface area contributed by atoms with Crippen LogP contribution in [-0.2, 0) is 4.79 Å². The first kappa shape index (κ1) is 10.6. The minimum absolute atomic E-state index is 0.278. The molecule has 0 aromatic heterocycles.